The van der Waals surface area contributed by atoms with Crippen LogP contribution in [0.25, 0.3) is 0 Å². The standard InChI is InChI=1S/C17H24FN3O3/c18-13-5-1-3-7-15(13)24-16-8-4-2-6-14(16)20-17(22)21-10-12-23-11-9-19-21/h1,3,5,7,14,16,19H,2,4,6,8-12H2,(H,20,22). The number of para-hydroxylation sites is 1. The average Bonchev–Trinajstić information content (AvgIpc) is 2.88. The first-order valence-electron chi connectivity index (χ1n) is 8.54. The first-order chi connectivity index (χ1) is 11.7. The summed E-state index contributed by atoms with van der Waals surface area (Å²) in [4.78, 5) is 12.5. The molecule has 1 aromatic rings. The van der Waals surface area contributed by atoms with Crippen LogP contribution in [0.1, 0.15) is 25.7 Å². The van der Waals surface area contributed by atoms with E-state index in [-0.39, 0.29) is 29.7 Å². The molecule has 2 unspecified atom stereocenters. The quantitative estimate of drug-likeness (QED) is 0.886. The molecule has 2 N–H and O–H groups in total. The minimum absolute atomic E-state index is 0.128. The molecule has 7 heteroatoms. The van der Waals surface area contributed by atoms with Gasteiger partial charge in [-0.2, -0.15) is 0 Å². The van der Waals surface area contributed by atoms with Crippen molar-refractivity contribution in [3.8, 4) is 5.75 Å². The van der Waals surface area contributed by atoms with Crippen molar-refractivity contribution in [1.29, 1.82) is 0 Å². The highest BCUT2D eigenvalue weighted by Crippen LogP contribution is 2.25. The Hall–Kier alpha value is -1.86. The summed E-state index contributed by atoms with van der Waals surface area (Å²) in [7, 11) is 0. The van der Waals surface area contributed by atoms with Crippen LogP contribution in [0.15, 0.2) is 24.3 Å². The number of urea groups is 1. The van der Waals surface area contributed by atoms with Gasteiger partial charge in [-0.05, 0) is 31.4 Å². The van der Waals surface area contributed by atoms with E-state index in [1.165, 1.54) is 6.07 Å². The average molecular weight is 337 g/mol. The zero-order chi connectivity index (χ0) is 16.8. The second-order valence-corrected chi connectivity index (χ2v) is 6.10. The summed E-state index contributed by atoms with van der Waals surface area (Å²) in [5, 5.41) is 4.57. The number of rotatable bonds is 3. The van der Waals surface area contributed by atoms with Crippen LogP contribution in [-0.4, -0.2) is 49.5 Å². The van der Waals surface area contributed by atoms with Gasteiger partial charge in [0.1, 0.15) is 6.10 Å². The molecule has 1 saturated heterocycles. The van der Waals surface area contributed by atoms with E-state index in [1.54, 1.807) is 23.2 Å². The Balaban J connectivity index is 1.61. The van der Waals surface area contributed by atoms with Crippen LogP contribution in [-0.2, 0) is 4.74 Å². The zero-order valence-electron chi connectivity index (χ0n) is 13.7. The zero-order valence-corrected chi connectivity index (χ0v) is 13.7. The van der Waals surface area contributed by atoms with Crippen molar-refractivity contribution in [3.05, 3.63) is 30.1 Å². The van der Waals surface area contributed by atoms with Gasteiger partial charge in [0.05, 0.1) is 25.8 Å². The predicted molar refractivity (Wildman–Crippen MR) is 87.1 cm³/mol. The molecule has 2 amide bonds. The van der Waals surface area contributed by atoms with Crippen LogP contribution in [0.5, 0.6) is 5.75 Å². The molecule has 1 heterocycles. The molecule has 132 valence electrons. The number of ether oxygens (including phenoxy) is 2. The van der Waals surface area contributed by atoms with Gasteiger partial charge in [0.2, 0.25) is 0 Å². The van der Waals surface area contributed by atoms with Gasteiger partial charge >= 0.3 is 6.03 Å². The normalized spacial score (nSPS) is 25.0. The number of nitrogens with zero attached hydrogens (tertiary/aromatic N) is 1. The van der Waals surface area contributed by atoms with Gasteiger partial charge < -0.3 is 14.8 Å². The van der Waals surface area contributed by atoms with Crippen molar-refractivity contribution in [2.45, 2.75) is 37.8 Å². The topological polar surface area (TPSA) is 62.8 Å². The first-order valence-corrected chi connectivity index (χ1v) is 8.54. The third-order valence-electron chi connectivity index (χ3n) is 4.38. The summed E-state index contributed by atoms with van der Waals surface area (Å²) in [5.74, 6) is -0.135. The molecule has 0 radical (unpaired) electrons. The largest absolute Gasteiger partial charge is 0.485 e. The molecule has 1 aromatic carbocycles. The van der Waals surface area contributed by atoms with Gasteiger partial charge in [0, 0.05) is 6.54 Å². The maximum Gasteiger partial charge on any atom is 0.332 e. The van der Waals surface area contributed by atoms with Gasteiger partial charge in [-0.15, -0.1) is 0 Å². The fourth-order valence-corrected chi connectivity index (χ4v) is 3.11. The molecule has 2 atom stereocenters. The van der Waals surface area contributed by atoms with E-state index >= 15 is 0 Å². The number of halogens is 1. The molecular weight excluding hydrogens is 313 g/mol. The summed E-state index contributed by atoms with van der Waals surface area (Å²) in [6, 6.07) is 6.07. The van der Waals surface area contributed by atoms with Gasteiger partial charge in [0.25, 0.3) is 0 Å². The Morgan fingerprint density at radius 3 is 3.00 bits per heavy atom. The molecule has 24 heavy (non-hydrogen) atoms. The van der Waals surface area contributed by atoms with Gasteiger partial charge in [-0.25, -0.2) is 14.6 Å². The highest BCUT2D eigenvalue weighted by molar-refractivity contribution is 5.74. The van der Waals surface area contributed by atoms with E-state index < -0.39 is 0 Å². The number of carbonyl (C=O) groups is 1. The van der Waals surface area contributed by atoms with Crippen LogP contribution < -0.4 is 15.5 Å². The van der Waals surface area contributed by atoms with Gasteiger partial charge in [-0.3, -0.25) is 5.01 Å². The van der Waals surface area contributed by atoms with Crippen molar-refractivity contribution in [3.63, 3.8) is 0 Å². The number of carbonyl (C=O) groups excluding carboxylic acids is 1. The Bertz CT molecular complexity index is 550. The number of hydrogen-bond donors (Lipinski definition) is 2. The van der Waals surface area contributed by atoms with Crippen LogP contribution in [0.4, 0.5) is 9.18 Å². The third kappa shape index (κ3) is 4.36. The van der Waals surface area contributed by atoms with E-state index in [0.29, 0.717) is 26.3 Å². The number of nitrogens with one attached hydrogen (secondary N) is 2. The molecule has 3 rings (SSSR count). The summed E-state index contributed by atoms with van der Waals surface area (Å²) in [5.41, 5.74) is 3.04. The molecule has 0 bridgehead atoms. The Kier molecular flexibility index (Phi) is 5.87. The van der Waals surface area contributed by atoms with Gasteiger partial charge in [-0.1, -0.05) is 18.6 Å². The maximum atomic E-state index is 13.8. The molecule has 2 aliphatic rings. The van der Waals surface area contributed by atoms with Crippen LogP contribution >= 0.6 is 0 Å². The van der Waals surface area contributed by atoms with Crippen LogP contribution in [0.3, 0.4) is 0 Å². The van der Waals surface area contributed by atoms with E-state index in [4.69, 9.17) is 9.47 Å². The summed E-state index contributed by atoms with van der Waals surface area (Å²) in [6.07, 6.45) is 3.45. The van der Waals surface area contributed by atoms with E-state index in [0.717, 1.165) is 25.7 Å². The number of hydrogen-bond acceptors (Lipinski definition) is 4. The van der Waals surface area contributed by atoms with E-state index in [1.807, 2.05) is 0 Å². The predicted octanol–water partition coefficient (Wildman–Crippen LogP) is 2.06. The van der Waals surface area contributed by atoms with Crippen LogP contribution in [0, 0.1) is 5.82 Å². The molecule has 1 aliphatic carbocycles. The molecule has 0 aromatic heterocycles. The van der Waals surface area contributed by atoms with E-state index in [9.17, 15) is 9.18 Å². The Morgan fingerprint density at radius 1 is 1.29 bits per heavy atom. The smallest absolute Gasteiger partial charge is 0.332 e. The lowest BCUT2D eigenvalue weighted by Gasteiger charge is -2.34. The van der Waals surface area contributed by atoms with Crippen LogP contribution in [0.2, 0.25) is 0 Å². The summed E-state index contributed by atoms with van der Waals surface area (Å²) < 4.78 is 25.0. The number of amides is 2. The molecular formula is C17H24FN3O3. The number of hydrazine groups is 1. The first kappa shape index (κ1) is 17.0. The lowest BCUT2D eigenvalue weighted by atomic mass is 9.92. The molecule has 1 aliphatic heterocycles. The summed E-state index contributed by atoms with van der Waals surface area (Å²) >= 11 is 0. The van der Waals surface area contributed by atoms with E-state index in [2.05, 4.69) is 10.7 Å². The molecule has 0 spiro atoms. The maximum absolute atomic E-state index is 13.8. The third-order valence-corrected chi connectivity index (χ3v) is 4.38. The fraction of sp³-hybridized carbons (Fsp3) is 0.588. The summed E-state index contributed by atoms with van der Waals surface area (Å²) in [6.45, 7) is 2.21. The van der Waals surface area contributed by atoms with Crippen molar-refractivity contribution in [2.75, 3.05) is 26.3 Å². The monoisotopic (exact) mass is 337 g/mol. The highest BCUT2D eigenvalue weighted by atomic mass is 19.1. The second-order valence-electron chi connectivity index (χ2n) is 6.10. The number of benzene rings is 1. The van der Waals surface area contributed by atoms with Crippen molar-refractivity contribution in [1.82, 2.24) is 15.8 Å². The second kappa shape index (κ2) is 8.30. The fourth-order valence-electron chi connectivity index (χ4n) is 3.11. The van der Waals surface area contributed by atoms with Crippen molar-refractivity contribution in [2.24, 2.45) is 0 Å². The lowest BCUT2D eigenvalue weighted by molar-refractivity contribution is 0.101. The molecule has 2 fully saturated rings. The Morgan fingerprint density at radius 2 is 2.12 bits per heavy atom. The molecule has 6 nitrogen and oxygen atoms in total. The van der Waals surface area contributed by atoms with Crippen molar-refractivity contribution >= 4 is 6.03 Å². The lowest BCUT2D eigenvalue weighted by Crippen LogP contribution is -2.55. The highest BCUT2D eigenvalue weighted by Gasteiger charge is 2.30. The Labute approximate surface area is 141 Å². The van der Waals surface area contributed by atoms with Crippen molar-refractivity contribution < 1.29 is 18.7 Å². The van der Waals surface area contributed by atoms with Gasteiger partial charge in [0.15, 0.2) is 11.6 Å². The minimum Gasteiger partial charge on any atom is -0.485 e. The SMILES string of the molecule is O=C(NC1CCCCC1Oc1ccccc1F)N1CCOCCN1. The molecule has 1 saturated carbocycles. The minimum atomic E-state index is -0.375.